The van der Waals surface area contributed by atoms with Crippen LogP contribution in [0.15, 0.2) is 30.3 Å². The van der Waals surface area contributed by atoms with Crippen LogP contribution in [0.25, 0.3) is 0 Å². The van der Waals surface area contributed by atoms with Gasteiger partial charge in [0.25, 0.3) is 0 Å². The van der Waals surface area contributed by atoms with Gasteiger partial charge in [0.15, 0.2) is 0 Å². The van der Waals surface area contributed by atoms with Crippen LogP contribution in [0, 0.1) is 5.92 Å². The molecule has 0 amide bonds. The topological polar surface area (TPSA) is 32.5 Å². The van der Waals surface area contributed by atoms with E-state index < -0.39 is 0 Å². The van der Waals surface area contributed by atoms with Crippen molar-refractivity contribution in [3.63, 3.8) is 0 Å². The first-order chi connectivity index (χ1) is 9.78. The summed E-state index contributed by atoms with van der Waals surface area (Å²) in [7, 11) is 0. The Balaban J connectivity index is 1.82. The van der Waals surface area contributed by atoms with Gasteiger partial charge in [-0.1, -0.05) is 37.3 Å². The predicted octanol–water partition coefficient (Wildman–Crippen LogP) is 1.93. The molecule has 2 heterocycles. The molecule has 3 unspecified atom stereocenters. The van der Waals surface area contributed by atoms with Gasteiger partial charge >= 0.3 is 0 Å². The Morgan fingerprint density at radius 3 is 2.80 bits per heavy atom. The van der Waals surface area contributed by atoms with E-state index in [1.54, 1.807) is 0 Å². The number of benzene rings is 1. The molecule has 2 bridgehead atoms. The molecule has 1 aromatic carbocycles. The third-order valence-electron chi connectivity index (χ3n) is 5.47. The average molecular weight is 273 g/mol. The highest BCUT2D eigenvalue weighted by Gasteiger charge is 2.48. The van der Waals surface area contributed by atoms with Crippen LogP contribution < -0.4 is 5.73 Å². The van der Waals surface area contributed by atoms with E-state index in [1.807, 2.05) is 0 Å². The van der Waals surface area contributed by atoms with Gasteiger partial charge in [-0.2, -0.15) is 0 Å². The van der Waals surface area contributed by atoms with Gasteiger partial charge in [0.05, 0.1) is 0 Å². The average Bonchev–Trinajstić information content (AvgIpc) is 2.91. The first-order valence-corrected chi connectivity index (χ1v) is 8.00. The van der Waals surface area contributed by atoms with Crippen molar-refractivity contribution in [3.8, 4) is 0 Å². The fourth-order valence-electron chi connectivity index (χ4n) is 4.23. The van der Waals surface area contributed by atoms with Gasteiger partial charge in [-0.25, -0.2) is 0 Å². The molecule has 3 heteroatoms. The van der Waals surface area contributed by atoms with Crippen LogP contribution in [0.5, 0.6) is 0 Å². The SMILES string of the molecule is CCN(Cc1ccccc1)C1(CN)CCN2CCC1C2. The number of rotatable bonds is 5. The molecule has 3 nitrogen and oxygen atoms in total. The molecule has 110 valence electrons. The van der Waals surface area contributed by atoms with Crippen molar-refractivity contribution in [3.05, 3.63) is 35.9 Å². The zero-order valence-corrected chi connectivity index (χ0v) is 12.6. The Labute approximate surface area is 122 Å². The van der Waals surface area contributed by atoms with Gasteiger partial charge in [0, 0.05) is 25.2 Å². The predicted molar refractivity (Wildman–Crippen MR) is 83.5 cm³/mol. The van der Waals surface area contributed by atoms with Crippen LogP contribution >= 0.6 is 0 Å². The molecule has 0 aromatic heterocycles. The van der Waals surface area contributed by atoms with Crippen LogP contribution in [0.2, 0.25) is 0 Å². The minimum absolute atomic E-state index is 0.220. The number of fused-ring (bicyclic) bond motifs is 2. The number of likely N-dealkylation sites (N-methyl/N-ethyl adjacent to an activating group) is 1. The highest BCUT2D eigenvalue weighted by atomic mass is 15.3. The van der Waals surface area contributed by atoms with E-state index in [1.165, 1.54) is 38.0 Å². The number of nitrogens with zero attached hydrogens (tertiary/aromatic N) is 2. The summed E-state index contributed by atoms with van der Waals surface area (Å²) >= 11 is 0. The minimum atomic E-state index is 0.220. The minimum Gasteiger partial charge on any atom is -0.329 e. The standard InChI is InChI=1S/C17H27N3/c1-2-20(12-15-6-4-3-5-7-15)17(14-18)9-11-19-10-8-16(17)13-19/h3-7,16H,2,8-14,18H2,1H3. The van der Waals surface area contributed by atoms with Gasteiger partial charge in [0.1, 0.15) is 0 Å². The highest BCUT2D eigenvalue weighted by Crippen LogP contribution is 2.39. The second kappa shape index (κ2) is 5.84. The lowest BCUT2D eigenvalue weighted by atomic mass is 9.77. The Morgan fingerprint density at radius 1 is 1.30 bits per heavy atom. The smallest absolute Gasteiger partial charge is 0.0388 e. The molecule has 2 aliphatic rings. The lowest BCUT2D eigenvalue weighted by Crippen LogP contribution is -2.61. The third-order valence-corrected chi connectivity index (χ3v) is 5.47. The van der Waals surface area contributed by atoms with Crippen LogP contribution in [-0.2, 0) is 6.54 Å². The molecule has 3 rings (SSSR count). The van der Waals surface area contributed by atoms with Gasteiger partial charge in [-0.05, 0) is 44.0 Å². The van der Waals surface area contributed by atoms with Crippen molar-refractivity contribution >= 4 is 0 Å². The van der Waals surface area contributed by atoms with Crippen molar-refractivity contribution < 1.29 is 0 Å². The summed E-state index contributed by atoms with van der Waals surface area (Å²) in [6.45, 7) is 8.94. The molecule has 3 atom stereocenters. The molecular weight excluding hydrogens is 246 g/mol. The summed E-state index contributed by atoms with van der Waals surface area (Å²) in [4.78, 5) is 5.25. The third kappa shape index (κ3) is 2.39. The van der Waals surface area contributed by atoms with E-state index in [9.17, 15) is 0 Å². The number of nitrogens with two attached hydrogens (primary N) is 1. The van der Waals surface area contributed by atoms with Crippen LogP contribution in [0.3, 0.4) is 0 Å². The zero-order valence-electron chi connectivity index (χ0n) is 12.6. The Morgan fingerprint density at radius 2 is 2.10 bits per heavy atom. The summed E-state index contributed by atoms with van der Waals surface area (Å²) < 4.78 is 0. The lowest BCUT2D eigenvalue weighted by Gasteiger charge is -2.50. The van der Waals surface area contributed by atoms with Gasteiger partial charge in [0.2, 0.25) is 0 Å². The van der Waals surface area contributed by atoms with Crippen molar-refractivity contribution in [2.75, 3.05) is 32.7 Å². The first-order valence-electron chi connectivity index (χ1n) is 8.00. The summed E-state index contributed by atoms with van der Waals surface area (Å²) in [5.74, 6) is 0.755. The van der Waals surface area contributed by atoms with E-state index in [0.717, 1.165) is 25.6 Å². The maximum Gasteiger partial charge on any atom is 0.0388 e. The molecule has 1 aromatic rings. The normalized spacial score (nSPS) is 32.8. The Hall–Kier alpha value is -0.900. The highest BCUT2D eigenvalue weighted by molar-refractivity contribution is 5.16. The van der Waals surface area contributed by atoms with Crippen LogP contribution in [0.1, 0.15) is 25.3 Å². The second-order valence-corrected chi connectivity index (χ2v) is 6.34. The largest absolute Gasteiger partial charge is 0.329 e. The molecule has 20 heavy (non-hydrogen) atoms. The first kappa shape index (κ1) is 14.1. The van der Waals surface area contributed by atoms with E-state index >= 15 is 0 Å². The zero-order chi connectivity index (χ0) is 14.0. The Bertz CT molecular complexity index is 433. The summed E-state index contributed by atoms with van der Waals surface area (Å²) in [6, 6.07) is 10.8. The van der Waals surface area contributed by atoms with Crippen LogP contribution in [0.4, 0.5) is 0 Å². The molecule has 0 aliphatic carbocycles. The molecule has 0 saturated carbocycles. The van der Waals surface area contributed by atoms with E-state index in [2.05, 4.69) is 47.1 Å². The fourth-order valence-corrected chi connectivity index (χ4v) is 4.23. The molecule has 2 aliphatic heterocycles. The maximum absolute atomic E-state index is 6.29. The number of hydrogen-bond donors (Lipinski definition) is 1. The summed E-state index contributed by atoms with van der Waals surface area (Å²) in [5, 5.41) is 0. The van der Waals surface area contributed by atoms with Crippen LogP contribution in [-0.4, -0.2) is 48.1 Å². The fraction of sp³-hybridized carbons (Fsp3) is 0.647. The van der Waals surface area contributed by atoms with Crippen molar-refractivity contribution in [2.24, 2.45) is 11.7 Å². The van der Waals surface area contributed by atoms with Gasteiger partial charge < -0.3 is 10.6 Å². The van der Waals surface area contributed by atoms with E-state index in [4.69, 9.17) is 5.73 Å². The van der Waals surface area contributed by atoms with E-state index in [-0.39, 0.29) is 5.54 Å². The van der Waals surface area contributed by atoms with Gasteiger partial charge in [-0.15, -0.1) is 0 Å². The monoisotopic (exact) mass is 273 g/mol. The molecule has 2 N–H and O–H groups in total. The second-order valence-electron chi connectivity index (χ2n) is 6.34. The lowest BCUT2D eigenvalue weighted by molar-refractivity contribution is 0.00525. The van der Waals surface area contributed by atoms with Gasteiger partial charge in [-0.3, -0.25) is 4.90 Å². The molecule has 2 saturated heterocycles. The Kier molecular flexibility index (Phi) is 4.11. The van der Waals surface area contributed by atoms with Crippen molar-refractivity contribution in [1.29, 1.82) is 0 Å². The van der Waals surface area contributed by atoms with Crippen molar-refractivity contribution in [2.45, 2.75) is 31.8 Å². The summed E-state index contributed by atoms with van der Waals surface area (Å²) in [5.41, 5.74) is 7.92. The maximum atomic E-state index is 6.29. The number of piperidine rings is 1. The quantitative estimate of drug-likeness (QED) is 0.890. The molecular formula is C17H27N3. The summed E-state index contributed by atoms with van der Waals surface area (Å²) in [6.07, 6.45) is 2.55. The molecule has 0 radical (unpaired) electrons. The number of hydrogen-bond acceptors (Lipinski definition) is 3. The van der Waals surface area contributed by atoms with Crippen molar-refractivity contribution in [1.82, 2.24) is 9.80 Å². The van der Waals surface area contributed by atoms with E-state index in [0.29, 0.717) is 0 Å². The molecule has 0 spiro atoms. The molecule has 2 fully saturated rings.